The zero-order chi connectivity index (χ0) is 20.9. The van der Waals surface area contributed by atoms with Gasteiger partial charge in [0.2, 0.25) is 0 Å². The molecule has 2 aromatic rings. The quantitative estimate of drug-likeness (QED) is 0.302. The van der Waals surface area contributed by atoms with Gasteiger partial charge in [0.05, 0.1) is 5.30 Å². The summed E-state index contributed by atoms with van der Waals surface area (Å²) in [5.41, 5.74) is 0.870. The van der Waals surface area contributed by atoms with Crippen molar-refractivity contribution >= 4 is 31.8 Å². The van der Waals surface area contributed by atoms with E-state index in [0.717, 1.165) is 37.7 Å². The van der Waals surface area contributed by atoms with Gasteiger partial charge in [-0.2, -0.15) is 0 Å². The first kappa shape index (κ1) is 25.0. The minimum absolute atomic E-state index is 0. The normalized spacial score (nSPS) is 16.6. The molecule has 0 heterocycles. The van der Waals surface area contributed by atoms with E-state index in [4.69, 9.17) is 4.74 Å². The van der Waals surface area contributed by atoms with E-state index in [1.165, 1.54) is 24.3 Å². The van der Waals surface area contributed by atoms with Gasteiger partial charge in [-0.05, 0) is 61.2 Å². The number of phenolic OH excluding ortho intramolecular Hbond substituents is 1. The molecule has 1 atom stereocenters. The van der Waals surface area contributed by atoms with Gasteiger partial charge in [0, 0.05) is 12.1 Å². The number of benzene rings is 2. The number of aliphatic hydroxyl groups excluding tert-OH is 1. The molecule has 1 aliphatic rings. The van der Waals surface area contributed by atoms with Gasteiger partial charge in [-0.3, -0.25) is 4.57 Å². The fraction of sp³-hybridized carbons (Fsp3) is 0.429. The van der Waals surface area contributed by atoms with Crippen molar-refractivity contribution in [1.29, 1.82) is 0 Å². The first-order chi connectivity index (χ1) is 13.8. The molecular weight excluding hydrogens is 400 g/mol. The fourth-order valence-corrected chi connectivity index (χ4v) is 4.33. The monoisotopic (exact) mass is 429 g/mol. The number of phenols is 1. The average Bonchev–Trinajstić information content (AvgIpc) is 3.14. The summed E-state index contributed by atoms with van der Waals surface area (Å²) >= 11 is 0. The molecule has 1 unspecified atom stereocenters. The zero-order valence-electron chi connectivity index (χ0n) is 16.2. The van der Waals surface area contributed by atoms with Gasteiger partial charge in [-0.15, -0.1) is 0 Å². The van der Waals surface area contributed by atoms with Gasteiger partial charge in [0.25, 0.3) is 0 Å². The maximum atomic E-state index is 11.3. The Morgan fingerprint density at radius 3 is 2.20 bits per heavy atom. The molecule has 0 aromatic heterocycles. The van der Waals surface area contributed by atoms with Crippen molar-refractivity contribution in [1.82, 2.24) is 5.32 Å². The van der Waals surface area contributed by atoms with Crippen molar-refractivity contribution in [3.63, 3.8) is 0 Å². The van der Waals surface area contributed by atoms with E-state index in [0.29, 0.717) is 12.3 Å². The number of hydrogen-bond donors (Lipinski definition) is 5. The van der Waals surface area contributed by atoms with Crippen LogP contribution in [0.25, 0.3) is 0 Å². The summed E-state index contributed by atoms with van der Waals surface area (Å²) in [6.07, 6.45) is 4.23. The predicted octanol–water partition coefficient (Wildman–Crippen LogP) is 1.43. The molecule has 0 spiro atoms. The Kier molecular flexibility index (Phi) is 9.02. The fourth-order valence-electron chi connectivity index (χ4n) is 3.79. The van der Waals surface area contributed by atoms with E-state index in [-0.39, 0.29) is 42.1 Å². The number of aromatic hydroxyl groups is 1. The van der Waals surface area contributed by atoms with Gasteiger partial charge >= 0.3 is 26.5 Å². The Morgan fingerprint density at radius 2 is 1.63 bits per heavy atom. The third-order valence-corrected chi connectivity index (χ3v) is 6.34. The van der Waals surface area contributed by atoms with Crippen molar-refractivity contribution in [2.45, 2.75) is 43.7 Å². The second-order valence-corrected chi connectivity index (χ2v) is 9.32. The van der Waals surface area contributed by atoms with Crippen molar-refractivity contribution in [2.24, 2.45) is 0 Å². The van der Waals surface area contributed by atoms with Crippen molar-refractivity contribution in [2.75, 3.05) is 13.2 Å². The summed E-state index contributed by atoms with van der Waals surface area (Å²) in [6.45, 7) is 0.531. The van der Waals surface area contributed by atoms with Gasteiger partial charge in [0.1, 0.15) is 24.2 Å². The maximum absolute atomic E-state index is 11.3. The SMILES string of the molecule is O=P(O)(O)c1ccc(CC2(NCC(O)COc3ccc(O)cc3)CCCC2)cc1.[LiH]. The summed E-state index contributed by atoms with van der Waals surface area (Å²) in [7, 11) is -4.23. The van der Waals surface area contributed by atoms with Gasteiger partial charge in [-0.1, -0.05) is 25.0 Å². The molecule has 1 fully saturated rings. The van der Waals surface area contributed by atoms with Crippen LogP contribution in [-0.4, -0.2) is 63.7 Å². The molecule has 0 aliphatic heterocycles. The number of hydrogen-bond acceptors (Lipinski definition) is 5. The van der Waals surface area contributed by atoms with Gasteiger partial charge < -0.3 is 30.1 Å². The van der Waals surface area contributed by atoms with E-state index in [9.17, 15) is 24.6 Å². The van der Waals surface area contributed by atoms with Crippen LogP contribution in [-0.2, 0) is 11.0 Å². The van der Waals surface area contributed by atoms with E-state index in [1.54, 1.807) is 24.3 Å². The molecule has 2 aromatic carbocycles. The zero-order valence-corrected chi connectivity index (χ0v) is 17.1. The number of nitrogens with one attached hydrogen (secondary N) is 1. The van der Waals surface area contributed by atoms with Crippen LogP contribution >= 0.6 is 7.60 Å². The number of rotatable bonds is 9. The van der Waals surface area contributed by atoms with Crippen LogP contribution < -0.4 is 15.4 Å². The molecule has 0 bridgehead atoms. The summed E-state index contributed by atoms with van der Waals surface area (Å²) in [6, 6.07) is 12.9. The summed E-state index contributed by atoms with van der Waals surface area (Å²) in [5.74, 6) is 0.749. The molecule has 3 rings (SSSR count). The molecule has 0 radical (unpaired) electrons. The molecule has 1 saturated carbocycles. The standard InChI is InChI=1S/C21H28NO6P.Li.H/c23-17-5-7-19(8-6-17)28-15-18(24)14-22-21(11-1-2-12-21)13-16-3-9-20(10-4-16)29(25,26)27;;/h3-10,18,22-24H,1-2,11-15H2,(H2,25,26,27);;. The second kappa shape index (κ2) is 10.8. The van der Waals surface area contributed by atoms with E-state index < -0.39 is 13.7 Å². The van der Waals surface area contributed by atoms with Crippen LogP contribution in [0, 0.1) is 0 Å². The van der Waals surface area contributed by atoms with Crippen LogP contribution in [0.3, 0.4) is 0 Å². The molecule has 160 valence electrons. The Morgan fingerprint density at radius 1 is 1.03 bits per heavy atom. The van der Waals surface area contributed by atoms with Crippen LogP contribution in [0.5, 0.6) is 11.5 Å². The van der Waals surface area contributed by atoms with E-state index >= 15 is 0 Å². The topological polar surface area (TPSA) is 119 Å². The second-order valence-electron chi connectivity index (χ2n) is 7.71. The Hall–Kier alpha value is -1.29. The Balaban J connectivity index is 0.00000320. The molecule has 5 N–H and O–H groups in total. The number of ether oxygens (including phenoxy) is 1. The van der Waals surface area contributed by atoms with Crippen molar-refractivity contribution < 1.29 is 29.3 Å². The molecule has 9 heteroatoms. The van der Waals surface area contributed by atoms with Crippen LogP contribution in [0.4, 0.5) is 0 Å². The molecule has 0 saturated heterocycles. The summed E-state index contributed by atoms with van der Waals surface area (Å²) < 4.78 is 16.9. The predicted molar refractivity (Wildman–Crippen MR) is 118 cm³/mol. The van der Waals surface area contributed by atoms with Crippen molar-refractivity contribution in [3.8, 4) is 11.5 Å². The van der Waals surface area contributed by atoms with Crippen molar-refractivity contribution in [3.05, 3.63) is 54.1 Å². The van der Waals surface area contributed by atoms with Crippen LogP contribution in [0.15, 0.2) is 48.5 Å². The molecule has 0 amide bonds. The van der Waals surface area contributed by atoms with Gasteiger partial charge in [-0.25, -0.2) is 0 Å². The molecule has 7 nitrogen and oxygen atoms in total. The molecule has 30 heavy (non-hydrogen) atoms. The van der Waals surface area contributed by atoms with Crippen LogP contribution in [0.1, 0.15) is 31.2 Å². The first-order valence-corrected chi connectivity index (χ1v) is 11.4. The first-order valence-electron chi connectivity index (χ1n) is 9.76. The summed E-state index contributed by atoms with van der Waals surface area (Å²) in [4.78, 5) is 18.5. The van der Waals surface area contributed by atoms with Crippen LogP contribution in [0.2, 0.25) is 0 Å². The molecular formula is C21H29LiNO6P. The minimum atomic E-state index is -4.23. The third-order valence-electron chi connectivity index (χ3n) is 5.37. The number of aliphatic hydroxyl groups is 1. The Bertz CT molecular complexity index is 834. The van der Waals surface area contributed by atoms with Gasteiger partial charge in [0.15, 0.2) is 0 Å². The summed E-state index contributed by atoms with van der Waals surface area (Å²) in [5, 5.41) is 23.1. The van der Waals surface area contributed by atoms with E-state index in [2.05, 4.69) is 5.32 Å². The third kappa shape index (κ3) is 7.14. The van der Waals surface area contributed by atoms with E-state index in [1.807, 2.05) is 0 Å². The Labute approximate surface area is 188 Å². The average molecular weight is 429 g/mol. The molecule has 1 aliphatic carbocycles. The number of β-amino-alcohol motifs (C(OH)–C–C–N with tert-alkyl or cyclic N) is 1.